The van der Waals surface area contributed by atoms with Gasteiger partial charge in [0.05, 0.1) is 14.2 Å². The molecule has 23 heavy (non-hydrogen) atoms. The highest BCUT2D eigenvalue weighted by Gasteiger charge is 2.05. The summed E-state index contributed by atoms with van der Waals surface area (Å²) in [6, 6.07) is 15.2. The Balaban J connectivity index is 1.75. The van der Waals surface area contributed by atoms with Crippen molar-refractivity contribution in [3.05, 3.63) is 54.1 Å². The number of ether oxygens (including phenoxy) is 2. The maximum absolute atomic E-state index is 11.7. The Morgan fingerprint density at radius 1 is 1.04 bits per heavy atom. The zero-order valence-electron chi connectivity index (χ0n) is 13.2. The highest BCUT2D eigenvalue weighted by atomic mass is 32.2. The zero-order valence-corrected chi connectivity index (χ0v) is 14.0. The quantitative estimate of drug-likeness (QED) is 0.764. The largest absolute Gasteiger partial charge is 0.493 e. The first-order valence-corrected chi connectivity index (χ1v) is 8.01. The van der Waals surface area contributed by atoms with Crippen LogP contribution in [0.3, 0.4) is 0 Å². The highest BCUT2D eigenvalue weighted by molar-refractivity contribution is 7.98. The summed E-state index contributed by atoms with van der Waals surface area (Å²) >= 11 is 1.29. The molecule has 2 N–H and O–H groups in total. The van der Waals surface area contributed by atoms with Gasteiger partial charge in [0.15, 0.2) is 11.5 Å². The van der Waals surface area contributed by atoms with Crippen LogP contribution in [-0.4, -0.2) is 26.8 Å². The van der Waals surface area contributed by atoms with Crippen molar-refractivity contribution >= 4 is 18.0 Å². The van der Waals surface area contributed by atoms with Gasteiger partial charge in [0, 0.05) is 11.4 Å². The molecule has 2 aromatic rings. The molecule has 0 aliphatic heterocycles. The summed E-state index contributed by atoms with van der Waals surface area (Å²) in [4.78, 5) is 12.7. The van der Waals surface area contributed by atoms with E-state index in [1.54, 1.807) is 14.2 Å². The first-order valence-electron chi connectivity index (χ1n) is 7.19. The Hall–Kier alpha value is -2.34. The lowest BCUT2D eigenvalue weighted by Gasteiger charge is -2.10. The molecular formula is C17H20N2O3S. The van der Waals surface area contributed by atoms with E-state index in [1.165, 1.54) is 11.9 Å². The van der Waals surface area contributed by atoms with Crippen LogP contribution >= 0.6 is 11.9 Å². The second-order valence-electron chi connectivity index (χ2n) is 4.71. The minimum Gasteiger partial charge on any atom is -0.493 e. The smallest absolute Gasteiger partial charge is 0.325 e. The molecular weight excluding hydrogens is 312 g/mol. The summed E-state index contributed by atoms with van der Waals surface area (Å²) in [7, 11) is 3.21. The van der Waals surface area contributed by atoms with E-state index in [9.17, 15) is 4.79 Å². The second-order valence-corrected chi connectivity index (χ2v) is 5.59. The van der Waals surface area contributed by atoms with E-state index in [-0.39, 0.29) is 6.03 Å². The van der Waals surface area contributed by atoms with Gasteiger partial charge in [-0.3, -0.25) is 4.72 Å². The fraction of sp³-hybridized carbons (Fsp3) is 0.235. The number of rotatable bonds is 7. The van der Waals surface area contributed by atoms with Crippen molar-refractivity contribution in [1.29, 1.82) is 0 Å². The van der Waals surface area contributed by atoms with Crippen molar-refractivity contribution in [3.63, 3.8) is 0 Å². The molecule has 0 aromatic heterocycles. The van der Waals surface area contributed by atoms with Gasteiger partial charge in [-0.15, -0.1) is 0 Å². The van der Waals surface area contributed by atoms with Crippen molar-refractivity contribution in [2.24, 2.45) is 0 Å². The molecule has 5 nitrogen and oxygen atoms in total. The molecule has 0 spiro atoms. The lowest BCUT2D eigenvalue weighted by atomic mass is 10.1. The van der Waals surface area contributed by atoms with Crippen molar-refractivity contribution in [3.8, 4) is 11.5 Å². The van der Waals surface area contributed by atoms with Crippen molar-refractivity contribution < 1.29 is 14.3 Å². The van der Waals surface area contributed by atoms with Gasteiger partial charge in [-0.1, -0.05) is 24.3 Å². The molecule has 0 aliphatic rings. The average molecular weight is 332 g/mol. The van der Waals surface area contributed by atoms with E-state index in [0.717, 1.165) is 10.5 Å². The number of benzene rings is 2. The van der Waals surface area contributed by atoms with Crippen LogP contribution in [0, 0.1) is 0 Å². The van der Waals surface area contributed by atoms with E-state index in [1.807, 2.05) is 48.5 Å². The van der Waals surface area contributed by atoms with Crippen LogP contribution in [0.25, 0.3) is 0 Å². The summed E-state index contributed by atoms with van der Waals surface area (Å²) in [5.41, 5.74) is 1.07. The van der Waals surface area contributed by atoms with Crippen molar-refractivity contribution in [2.45, 2.75) is 11.3 Å². The van der Waals surface area contributed by atoms with Crippen molar-refractivity contribution in [2.75, 3.05) is 20.8 Å². The summed E-state index contributed by atoms with van der Waals surface area (Å²) in [6.45, 7) is 0.538. The molecule has 2 amide bonds. The second kappa shape index (κ2) is 8.95. The van der Waals surface area contributed by atoms with Crippen LogP contribution in [0.15, 0.2) is 53.4 Å². The van der Waals surface area contributed by atoms with Gasteiger partial charge in [-0.2, -0.15) is 0 Å². The Labute approximate surface area is 140 Å². The number of nitrogens with one attached hydrogen (secondary N) is 2. The summed E-state index contributed by atoms with van der Waals surface area (Å²) in [5.74, 6) is 1.38. The van der Waals surface area contributed by atoms with Crippen LogP contribution in [-0.2, 0) is 6.42 Å². The third kappa shape index (κ3) is 5.41. The number of carbonyl (C=O) groups excluding carboxylic acids is 1. The summed E-state index contributed by atoms with van der Waals surface area (Å²) in [5, 5.41) is 2.82. The number of urea groups is 1. The van der Waals surface area contributed by atoms with Gasteiger partial charge >= 0.3 is 6.03 Å². The van der Waals surface area contributed by atoms with E-state index in [2.05, 4.69) is 10.0 Å². The van der Waals surface area contributed by atoms with Gasteiger partial charge in [0.1, 0.15) is 0 Å². The molecule has 2 rings (SSSR count). The summed E-state index contributed by atoms with van der Waals surface area (Å²) in [6.07, 6.45) is 0.712. The average Bonchev–Trinajstić information content (AvgIpc) is 2.60. The molecule has 0 aliphatic carbocycles. The third-order valence-corrected chi connectivity index (χ3v) is 3.95. The first kappa shape index (κ1) is 17.0. The molecule has 122 valence electrons. The fourth-order valence-corrected chi connectivity index (χ4v) is 2.56. The molecule has 0 unspecified atom stereocenters. The molecule has 6 heteroatoms. The van der Waals surface area contributed by atoms with E-state index < -0.39 is 0 Å². The Morgan fingerprint density at radius 3 is 2.48 bits per heavy atom. The fourth-order valence-electron chi connectivity index (χ4n) is 1.99. The summed E-state index contributed by atoms with van der Waals surface area (Å²) < 4.78 is 13.2. The van der Waals surface area contributed by atoms with Crippen LogP contribution in [0.4, 0.5) is 4.79 Å². The van der Waals surface area contributed by atoms with E-state index in [4.69, 9.17) is 9.47 Å². The molecule has 0 fully saturated rings. The third-order valence-electron chi connectivity index (χ3n) is 3.15. The molecule has 0 atom stereocenters. The zero-order chi connectivity index (χ0) is 16.5. The standard InChI is InChI=1S/C17H20N2O3S/c1-21-15-9-8-13(12-16(15)22-2)10-11-18-17(20)19-23-14-6-4-3-5-7-14/h3-9,12H,10-11H2,1-2H3,(H2,18,19,20). The van der Waals surface area contributed by atoms with E-state index >= 15 is 0 Å². The molecule has 0 heterocycles. The van der Waals surface area contributed by atoms with Crippen LogP contribution in [0.5, 0.6) is 11.5 Å². The lowest BCUT2D eigenvalue weighted by molar-refractivity contribution is 0.246. The normalized spacial score (nSPS) is 10.0. The monoisotopic (exact) mass is 332 g/mol. The molecule has 0 radical (unpaired) electrons. The van der Waals surface area contributed by atoms with Crippen LogP contribution in [0.2, 0.25) is 0 Å². The first-order chi connectivity index (χ1) is 11.2. The number of carbonyl (C=O) groups is 1. The highest BCUT2D eigenvalue weighted by Crippen LogP contribution is 2.27. The van der Waals surface area contributed by atoms with Gasteiger partial charge in [0.25, 0.3) is 0 Å². The van der Waals surface area contributed by atoms with Crippen LogP contribution in [0.1, 0.15) is 5.56 Å². The number of methoxy groups -OCH3 is 2. The molecule has 0 saturated heterocycles. The van der Waals surface area contributed by atoms with Gasteiger partial charge < -0.3 is 14.8 Å². The van der Waals surface area contributed by atoms with Gasteiger partial charge in [-0.25, -0.2) is 4.79 Å². The van der Waals surface area contributed by atoms with Gasteiger partial charge in [-0.05, 0) is 48.2 Å². The number of amides is 2. The Morgan fingerprint density at radius 2 is 1.78 bits per heavy atom. The molecule has 0 bridgehead atoms. The topological polar surface area (TPSA) is 59.6 Å². The van der Waals surface area contributed by atoms with Crippen LogP contribution < -0.4 is 19.5 Å². The number of hydrogen-bond donors (Lipinski definition) is 2. The van der Waals surface area contributed by atoms with Gasteiger partial charge in [0.2, 0.25) is 0 Å². The lowest BCUT2D eigenvalue weighted by Crippen LogP contribution is -2.32. The predicted octanol–water partition coefficient (Wildman–Crippen LogP) is 3.25. The van der Waals surface area contributed by atoms with E-state index in [0.29, 0.717) is 24.5 Å². The van der Waals surface area contributed by atoms with Crippen molar-refractivity contribution in [1.82, 2.24) is 10.0 Å². The minimum atomic E-state index is -0.209. The number of hydrogen-bond acceptors (Lipinski definition) is 4. The Bertz CT molecular complexity index is 635. The maximum atomic E-state index is 11.7. The minimum absolute atomic E-state index is 0.209. The SMILES string of the molecule is COc1ccc(CCNC(=O)NSc2ccccc2)cc1OC. The maximum Gasteiger partial charge on any atom is 0.325 e. The molecule has 0 saturated carbocycles. The molecule has 2 aromatic carbocycles. The predicted molar refractivity (Wildman–Crippen MR) is 92.1 cm³/mol. The Kier molecular flexibility index (Phi) is 6.62.